The number of para-hydroxylation sites is 1. The minimum absolute atomic E-state index is 0.159. The number of carbonyl (C=O) groups excluding carboxylic acids is 2. The van der Waals surface area contributed by atoms with Crippen molar-refractivity contribution in [1.82, 2.24) is 15.8 Å². The number of hydrogen-bond donors (Lipinski definition) is 4. The number of aromatic amines is 1. The number of amides is 2. The smallest absolute Gasteiger partial charge is 0.267 e. The minimum Gasteiger partial charge on any atom is -0.351 e. The van der Waals surface area contributed by atoms with Crippen LogP contribution in [0.1, 0.15) is 29.8 Å². The number of unbranched alkanes of at least 4 members (excludes halogenated alkanes) is 1. The van der Waals surface area contributed by atoms with Gasteiger partial charge in [0.2, 0.25) is 5.91 Å². The molecule has 1 heterocycles. The number of hydrogen-bond acceptors (Lipinski definition) is 3. The first-order chi connectivity index (χ1) is 9.70. The first-order valence-electron chi connectivity index (χ1n) is 6.49. The monoisotopic (exact) mass is 275 g/mol. The van der Waals surface area contributed by atoms with Gasteiger partial charge in [0.05, 0.1) is 0 Å². The molecule has 0 aliphatic carbocycles. The molecule has 0 saturated heterocycles. The molecule has 6 nitrogen and oxygen atoms in total. The number of nitrogens with one attached hydrogen (secondary N) is 3. The Kier molecular flexibility index (Phi) is 4.73. The molecule has 0 spiro atoms. The van der Waals surface area contributed by atoms with Gasteiger partial charge in [-0.05, 0) is 25.0 Å². The van der Waals surface area contributed by atoms with E-state index >= 15 is 0 Å². The third kappa shape index (κ3) is 3.58. The molecule has 0 radical (unpaired) electrons. The Morgan fingerprint density at radius 3 is 2.75 bits per heavy atom. The molecule has 0 saturated carbocycles. The Labute approximate surface area is 116 Å². The van der Waals surface area contributed by atoms with E-state index in [1.807, 2.05) is 30.3 Å². The van der Waals surface area contributed by atoms with E-state index in [1.54, 1.807) is 5.48 Å². The quantitative estimate of drug-likeness (QED) is 0.366. The van der Waals surface area contributed by atoms with Crippen LogP contribution in [0.4, 0.5) is 0 Å². The molecule has 0 aliphatic heterocycles. The van der Waals surface area contributed by atoms with Gasteiger partial charge in [0, 0.05) is 23.9 Å². The second-order valence-corrected chi connectivity index (χ2v) is 4.52. The Morgan fingerprint density at radius 1 is 1.20 bits per heavy atom. The molecule has 20 heavy (non-hydrogen) atoms. The van der Waals surface area contributed by atoms with Crippen LogP contribution in [0, 0.1) is 0 Å². The van der Waals surface area contributed by atoms with E-state index < -0.39 is 5.91 Å². The van der Waals surface area contributed by atoms with Crippen molar-refractivity contribution in [2.45, 2.75) is 19.3 Å². The summed E-state index contributed by atoms with van der Waals surface area (Å²) in [5.41, 5.74) is 3.03. The molecule has 2 aromatic rings. The van der Waals surface area contributed by atoms with E-state index in [2.05, 4.69) is 10.3 Å². The van der Waals surface area contributed by atoms with Gasteiger partial charge in [-0.2, -0.15) is 0 Å². The highest BCUT2D eigenvalue weighted by molar-refractivity contribution is 5.97. The van der Waals surface area contributed by atoms with Gasteiger partial charge in [-0.1, -0.05) is 18.2 Å². The Hall–Kier alpha value is -2.34. The lowest BCUT2D eigenvalue weighted by Crippen LogP contribution is -2.25. The average molecular weight is 275 g/mol. The summed E-state index contributed by atoms with van der Waals surface area (Å²) in [5, 5.41) is 12.1. The summed E-state index contributed by atoms with van der Waals surface area (Å²) in [7, 11) is 0. The summed E-state index contributed by atoms with van der Waals surface area (Å²) in [6, 6.07) is 9.50. The van der Waals surface area contributed by atoms with Crippen molar-refractivity contribution in [2.75, 3.05) is 6.54 Å². The van der Waals surface area contributed by atoms with E-state index in [1.165, 1.54) is 0 Å². The molecule has 0 aliphatic rings. The van der Waals surface area contributed by atoms with Crippen molar-refractivity contribution < 1.29 is 14.8 Å². The van der Waals surface area contributed by atoms with Crippen LogP contribution >= 0.6 is 0 Å². The van der Waals surface area contributed by atoms with Gasteiger partial charge in [0.1, 0.15) is 5.69 Å². The lowest BCUT2D eigenvalue weighted by Gasteiger charge is -2.03. The molecule has 1 aromatic heterocycles. The molecule has 4 N–H and O–H groups in total. The number of benzene rings is 1. The second-order valence-electron chi connectivity index (χ2n) is 4.52. The van der Waals surface area contributed by atoms with Crippen LogP contribution in [0.25, 0.3) is 10.9 Å². The van der Waals surface area contributed by atoms with Gasteiger partial charge in [-0.15, -0.1) is 0 Å². The van der Waals surface area contributed by atoms with Crippen LogP contribution in [0.3, 0.4) is 0 Å². The zero-order valence-corrected chi connectivity index (χ0v) is 11.0. The maximum Gasteiger partial charge on any atom is 0.267 e. The highest BCUT2D eigenvalue weighted by atomic mass is 16.5. The normalized spacial score (nSPS) is 10.4. The number of carbonyl (C=O) groups is 2. The van der Waals surface area contributed by atoms with Crippen molar-refractivity contribution in [1.29, 1.82) is 0 Å². The third-order valence-corrected chi connectivity index (χ3v) is 3.02. The first kappa shape index (κ1) is 14.1. The highest BCUT2D eigenvalue weighted by Gasteiger charge is 2.08. The fraction of sp³-hybridized carbons (Fsp3) is 0.286. The number of hydroxylamine groups is 1. The summed E-state index contributed by atoms with van der Waals surface area (Å²) in [4.78, 5) is 25.7. The SMILES string of the molecule is O=C(CCCCNC(=O)c1cc2ccccc2[nH]1)NO. The standard InChI is InChI=1S/C14H17N3O3/c18-13(17-20)7-3-4-8-15-14(19)12-9-10-5-1-2-6-11(10)16-12/h1-2,5-6,9,16,20H,3-4,7-8H2,(H,15,19)(H,17,18). The predicted octanol–water partition coefficient (Wildman–Crippen LogP) is 1.57. The van der Waals surface area contributed by atoms with Gasteiger partial charge in [0.25, 0.3) is 5.91 Å². The summed E-state index contributed by atoms with van der Waals surface area (Å²) < 4.78 is 0. The lowest BCUT2D eigenvalue weighted by atomic mass is 10.2. The van der Waals surface area contributed by atoms with Crippen molar-refractivity contribution in [3.05, 3.63) is 36.0 Å². The van der Waals surface area contributed by atoms with Gasteiger partial charge in [-0.25, -0.2) is 5.48 Å². The molecule has 2 amide bonds. The Bertz CT molecular complexity index is 573. The summed E-state index contributed by atoms with van der Waals surface area (Å²) in [6.07, 6.45) is 1.54. The molecule has 0 fully saturated rings. The molecule has 0 unspecified atom stereocenters. The molecule has 0 atom stereocenters. The number of H-pyrrole nitrogens is 1. The zero-order valence-electron chi connectivity index (χ0n) is 11.0. The molecule has 106 valence electrons. The fourth-order valence-corrected chi connectivity index (χ4v) is 1.96. The predicted molar refractivity (Wildman–Crippen MR) is 74.4 cm³/mol. The fourth-order valence-electron chi connectivity index (χ4n) is 1.96. The second kappa shape index (κ2) is 6.72. The van der Waals surface area contributed by atoms with Crippen LogP contribution in [0.15, 0.2) is 30.3 Å². The van der Waals surface area contributed by atoms with Gasteiger partial charge >= 0.3 is 0 Å². The van der Waals surface area contributed by atoms with E-state index in [9.17, 15) is 9.59 Å². The highest BCUT2D eigenvalue weighted by Crippen LogP contribution is 2.14. The van der Waals surface area contributed by atoms with E-state index in [-0.39, 0.29) is 12.3 Å². The zero-order chi connectivity index (χ0) is 14.4. The summed E-state index contributed by atoms with van der Waals surface area (Å²) >= 11 is 0. The summed E-state index contributed by atoms with van der Waals surface area (Å²) in [6.45, 7) is 0.493. The molecule has 1 aromatic carbocycles. The Morgan fingerprint density at radius 2 is 2.00 bits per heavy atom. The van der Waals surface area contributed by atoms with Crippen LogP contribution < -0.4 is 10.8 Å². The summed E-state index contributed by atoms with van der Waals surface area (Å²) in [5.74, 6) is -0.570. The van der Waals surface area contributed by atoms with Gasteiger partial charge in [0.15, 0.2) is 0 Å². The maximum atomic E-state index is 11.9. The van der Waals surface area contributed by atoms with Crippen molar-refractivity contribution >= 4 is 22.7 Å². The van der Waals surface area contributed by atoms with Crippen LogP contribution in [-0.4, -0.2) is 28.6 Å². The number of aromatic nitrogens is 1. The van der Waals surface area contributed by atoms with Crippen LogP contribution in [0.5, 0.6) is 0 Å². The molecule has 6 heteroatoms. The van der Waals surface area contributed by atoms with Gasteiger partial charge < -0.3 is 10.3 Å². The van der Waals surface area contributed by atoms with Crippen molar-refractivity contribution in [2.24, 2.45) is 0 Å². The Balaban J connectivity index is 1.78. The van der Waals surface area contributed by atoms with Gasteiger partial charge in [-0.3, -0.25) is 14.8 Å². The van der Waals surface area contributed by atoms with Crippen LogP contribution in [-0.2, 0) is 4.79 Å². The molecular formula is C14H17N3O3. The van der Waals surface area contributed by atoms with E-state index in [0.717, 1.165) is 10.9 Å². The van der Waals surface area contributed by atoms with E-state index in [0.29, 0.717) is 25.1 Å². The van der Waals surface area contributed by atoms with E-state index in [4.69, 9.17) is 5.21 Å². The molecular weight excluding hydrogens is 258 g/mol. The first-order valence-corrected chi connectivity index (χ1v) is 6.49. The average Bonchev–Trinajstić information content (AvgIpc) is 2.90. The largest absolute Gasteiger partial charge is 0.351 e. The number of rotatable bonds is 6. The maximum absolute atomic E-state index is 11.9. The number of fused-ring (bicyclic) bond motifs is 1. The van der Waals surface area contributed by atoms with Crippen molar-refractivity contribution in [3.63, 3.8) is 0 Å². The topological polar surface area (TPSA) is 94.2 Å². The molecule has 0 bridgehead atoms. The molecule has 2 rings (SSSR count). The third-order valence-electron chi connectivity index (χ3n) is 3.02. The lowest BCUT2D eigenvalue weighted by molar-refractivity contribution is -0.129. The van der Waals surface area contributed by atoms with Crippen LogP contribution in [0.2, 0.25) is 0 Å². The minimum atomic E-state index is -0.410. The van der Waals surface area contributed by atoms with Crippen molar-refractivity contribution in [3.8, 4) is 0 Å².